The smallest absolute Gasteiger partial charge is 0.464 e. The van der Waals surface area contributed by atoms with E-state index >= 15 is 0 Å². The largest absolute Gasteiger partial charge is 0.483 e. The first kappa shape index (κ1) is 8.04. The summed E-state index contributed by atoms with van der Waals surface area (Å²) in [5, 5.41) is 0. The molecule has 0 unspecified atom stereocenters. The predicted molar refractivity (Wildman–Crippen MR) is 37.0 cm³/mol. The van der Waals surface area contributed by atoms with Gasteiger partial charge in [-0.2, -0.15) is 0 Å². The lowest BCUT2D eigenvalue weighted by molar-refractivity contribution is -0.482. The Morgan fingerprint density at radius 2 is 2.36 bits per heavy atom. The van der Waals surface area contributed by atoms with Crippen molar-refractivity contribution in [1.29, 1.82) is 0 Å². The third-order valence-corrected chi connectivity index (χ3v) is 1.50. The van der Waals surface area contributed by atoms with Gasteiger partial charge in [-0.15, -0.1) is 0 Å². The molecule has 62 valence electrons. The Morgan fingerprint density at radius 3 is 2.73 bits per heavy atom. The summed E-state index contributed by atoms with van der Waals surface area (Å²) in [6.45, 7) is 3.43. The lowest BCUT2D eigenvalue weighted by Gasteiger charge is -1.99. The summed E-state index contributed by atoms with van der Waals surface area (Å²) in [6, 6.07) is 0. The number of esters is 2. The standard InChI is InChI=1S/C7H11O4/c1-4-6(7(8)9-3)11-5(2)10-4/h4,6H,1-3H3/q+1/t4-,6+/m1/s1. The summed E-state index contributed by atoms with van der Waals surface area (Å²) in [5.74, 6) is 0.0299. The monoisotopic (exact) mass is 159 g/mol. The van der Waals surface area contributed by atoms with Crippen LogP contribution in [0.4, 0.5) is 0 Å². The van der Waals surface area contributed by atoms with E-state index in [0.717, 1.165) is 0 Å². The van der Waals surface area contributed by atoms with E-state index in [9.17, 15) is 4.79 Å². The Balaban J connectivity index is 2.65. The Hall–Kier alpha value is -1.06. The quantitative estimate of drug-likeness (QED) is 0.400. The van der Waals surface area contributed by atoms with E-state index in [4.69, 9.17) is 9.16 Å². The molecule has 4 heteroatoms. The van der Waals surface area contributed by atoms with Gasteiger partial charge in [0.1, 0.15) is 0 Å². The number of ether oxygens (including phenoxy) is 2. The zero-order valence-corrected chi connectivity index (χ0v) is 6.79. The number of carbonyl (C=O) groups excluding carboxylic acids is 2. The van der Waals surface area contributed by atoms with Crippen LogP contribution in [0.1, 0.15) is 13.8 Å². The molecule has 1 rings (SSSR count). The van der Waals surface area contributed by atoms with Crippen molar-refractivity contribution in [2.24, 2.45) is 0 Å². The van der Waals surface area contributed by atoms with Crippen LogP contribution in [-0.4, -0.2) is 31.3 Å². The summed E-state index contributed by atoms with van der Waals surface area (Å²) in [7, 11) is 1.33. The lowest BCUT2D eigenvalue weighted by Crippen LogP contribution is -2.30. The summed E-state index contributed by atoms with van der Waals surface area (Å²) in [6.07, 6.45) is -0.845. The van der Waals surface area contributed by atoms with E-state index in [0.29, 0.717) is 5.97 Å². The van der Waals surface area contributed by atoms with Crippen molar-refractivity contribution in [2.75, 3.05) is 7.11 Å². The van der Waals surface area contributed by atoms with E-state index in [1.54, 1.807) is 13.8 Å². The number of methoxy groups -OCH3 is 1. The van der Waals surface area contributed by atoms with E-state index < -0.39 is 12.1 Å². The van der Waals surface area contributed by atoms with Crippen molar-refractivity contribution >= 4 is 11.9 Å². The van der Waals surface area contributed by atoms with Gasteiger partial charge < -0.3 is 9.47 Å². The zero-order chi connectivity index (χ0) is 8.43. The van der Waals surface area contributed by atoms with Crippen molar-refractivity contribution in [1.82, 2.24) is 0 Å². The van der Waals surface area contributed by atoms with E-state index in [1.165, 1.54) is 7.11 Å². The van der Waals surface area contributed by atoms with Crippen LogP contribution in [0.25, 0.3) is 0 Å². The fourth-order valence-electron chi connectivity index (χ4n) is 0.982. The summed E-state index contributed by atoms with van der Waals surface area (Å²) in [5.41, 5.74) is 0. The van der Waals surface area contributed by atoms with Crippen LogP contribution in [0.5, 0.6) is 0 Å². The second-order valence-corrected chi connectivity index (χ2v) is 2.38. The maximum absolute atomic E-state index is 10.9. The third-order valence-electron chi connectivity index (χ3n) is 1.50. The van der Waals surface area contributed by atoms with Crippen LogP contribution in [-0.2, 0) is 18.7 Å². The molecule has 0 aromatic carbocycles. The molecule has 0 fully saturated rings. The lowest BCUT2D eigenvalue weighted by atomic mass is 10.2. The van der Waals surface area contributed by atoms with Gasteiger partial charge in [0.25, 0.3) is 6.10 Å². The van der Waals surface area contributed by atoms with Crippen LogP contribution in [0, 0.1) is 0 Å². The normalized spacial score (nSPS) is 29.2. The van der Waals surface area contributed by atoms with Crippen molar-refractivity contribution in [3.8, 4) is 0 Å². The molecule has 1 heterocycles. The van der Waals surface area contributed by atoms with E-state index in [-0.39, 0.29) is 6.10 Å². The Bertz CT molecular complexity index is 197. The van der Waals surface area contributed by atoms with Gasteiger partial charge in [-0.3, -0.25) is 4.42 Å². The van der Waals surface area contributed by atoms with Crippen LogP contribution in [0.15, 0.2) is 0 Å². The third kappa shape index (κ3) is 1.50. The van der Waals surface area contributed by atoms with Gasteiger partial charge >= 0.3 is 18.0 Å². The maximum Gasteiger partial charge on any atom is 0.483 e. The van der Waals surface area contributed by atoms with Gasteiger partial charge in [-0.1, -0.05) is 0 Å². The molecule has 0 aliphatic carbocycles. The molecular formula is C7H11O4+. The molecule has 0 bridgehead atoms. The Labute approximate surface area is 64.8 Å². The molecule has 0 radical (unpaired) electrons. The molecular weight excluding hydrogens is 148 g/mol. The number of cyclic esters (lactones) is 1. The van der Waals surface area contributed by atoms with Crippen molar-refractivity contribution in [3.63, 3.8) is 0 Å². The highest BCUT2D eigenvalue weighted by Gasteiger charge is 2.44. The topological polar surface area (TPSA) is 46.8 Å². The van der Waals surface area contributed by atoms with Crippen LogP contribution < -0.4 is 0 Å². The summed E-state index contributed by atoms with van der Waals surface area (Å²) >= 11 is 0. The van der Waals surface area contributed by atoms with E-state index in [2.05, 4.69) is 4.74 Å². The number of hydrogen-bond donors (Lipinski definition) is 0. The number of carbonyl (C=O) groups is 1. The predicted octanol–water partition coefficient (Wildman–Crippen LogP) is 0.0289. The van der Waals surface area contributed by atoms with Crippen molar-refractivity contribution < 1.29 is 18.7 Å². The van der Waals surface area contributed by atoms with Gasteiger partial charge in [0.2, 0.25) is 0 Å². The zero-order valence-electron chi connectivity index (χ0n) is 6.79. The maximum atomic E-state index is 10.9. The molecule has 4 nitrogen and oxygen atoms in total. The Morgan fingerprint density at radius 1 is 1.73 bits per heavy atom. The Kier molecular flexibility index (Phi) is 2.12. The highest BCUT2D eigenvalue weighted by Crippen LogP contribution is 2.09. The molecule has 0 amide bonds. The van der Waals surface area contributed by atoms with Gasteiger partial charge in [0.05, 0.1) is 14.0 Å². The molecule has 0 aromatic rings. The fraction of sp³-hybridized carbons (Fsp3) is 0.714. The van der Waals surface area contributed by atoms with Crippen LogP contribution in [0.3, 0.4) is 0 Å². The fourth-order valence-corrected chi connectivity index (χ4v) is 0.982. The minimum Gasteiger partial charge on any atom is -0.464 e. The van der Waals surface area contributed by atoms with Gasteiger partial charge in [0.15, 0.2) is 0 Å². The molecule has 0 saturated heterocycles. The molecule has 11 heavy (non-hydrogen) atoms. The van der Waals surface area contributed by atoms with Crippen molar-refractivity contribution in [2.45, 2.75) is 26.1 Å². The molecule has 0 spiro atoms. The first-order valence-corrected chi connectivity index (χ1v) is 3.40. The summed E-state index contributed by atoms with van der Waals surface area (Å²) < 4.78 is 14.6. The number of rotatable bonds is 1. The first-order valence-electron chi connectivity index (χ1n) is 3.40. The summed E-state index contributed by atoms with van der Waals surface area (Å²) in [4.78, 5) is 10.9. The second kappa shape index (κ2) is 2.90. The molecule has 0 N–H and O–H groups in total. The SMILES string of the molecule is COC(=O)[C@H]1[O+]=C(C)O[C@@H]1C. The molecule has 0 saturated carbocycles. The molecule has 1 aliphatic heterocycles. The van der Waals surface area contributed by atoms with Crippen molar-refractivity contribution in [3.05, 3.63) is 0 Å². The van der Waals surface area contributed by atoms with E-state index in [1.807, 2.05) is 0 Å². The second-order valence-electron chi connectivity index (χ2n) is 2.38. The first-order chi connectivity index (χ1) is 5.15. The number of hydrogen-bond acceptors (Lipinski definition) is 3. The van der Waals surface area contributed by atoms with Gasteiger partial charge in [-0.05, 0) is 0 Å². The minimum atomic E-state index is -0.597. The molecule has 1 aliphatic rings. The van der Waals surface area contributed by atoms with Gasteiger partial charge in [0, 0.05) is 6.92 Å². The van der Waals surface area contributed by atoms with Crippen LogP contribution >= 0.6 is 0 Å². The minimum absolute atomic E-state index is 0.248. The average molecular weight is 159 g/mol. The molecule has 2 atom stereocenters. The highest BCUT2D eigenvalue weighted by molar-refractivity contribution is 5.78. The highest BCUT2D eigenvalue weighted by atomic mass is 16.7. The molecule has 0 aromatic heterocycles. The van der Waals surface area contributed by atoms with Gasteiger partial charge in [-0.25, -0.2) is 4.79 Å². The average Bonchev–Trinajstić information content (AvgIpc) is 2.28. The van der Waals surface area contributed by atoms with Crippen LogP contribution in [0.2, 0.25) is 0 Å².